The summed E-state index contributed by atoms with van der Waals surface area (Å²) in [6.45, 7) is 1.70. The van der Waals surface area contributed by atoms with Crippen LogP contribution in [-0.2, 0) is 4.79 Å². The van der Waals surface area contributed by atoms with Crippen LogP contribution in [0.1, 0.15) is 11.3 Å². The first-order chi connectivity index (χ1) is 10.5. The summed E-state index contributed by atoms with van der Waals surface area (Å²) >= 11 is 1.10. The molecule has 0 unspecified atom stereocenters. The molecule has 2 aromatic rings. The van der Waals surface area contributed by atoms with Crippen LogP contribution in [0.2, 0.25) is 0 Å². The van der Waals surface area contributed by atoms with Crippen molar-refractivity contribution in [3.05, 3.63) is 51.9 Å². The number of hydrogen-bond acceptors (Lipinski definition) is 6. The number of benzene rings is 1. The van der Waals surface area contributed by atoms with Crippen LogP contribution in [0.25, 0.3) is 0 Å². The number of nitrogens with one attached hydrogen (secondary N) is 2. The Morgan fingerprint density at radius 2 is 2.27 bits per heavy atom. The van der Waals surface area contributed by atoms with Crippen molar-refractivity contribution in [2.24, 2.45) is 5.10 Å². The number of rotatable bonds is 5. The third-order valence-electron chi connectivity index (χ3n) is 2.52. The number of thioether (sulfide) groups is 1. The number of aromatic hydroxyl groups is 1. The highest BCUT2D eigenvalue weighted by atomic mass is 32.2. The van der Waals surface area contributed by atoms with Crippen molar-refractivity contribution in [2.75, 3.05) is 5.75 Å². The van der Waals surface area contributed by atoms with Crippen LogP contribution in [0.4, 0.5) is 0 Å². The number of phenolic OH excluding ortho intramolecular Hbond substituents is 1. The van der Waals surface area contributed by atoms with Gasteiger partial charge in [0.05, 0.1) is 12.0 Å². The van der Waals surface area contributed by atoms with Crippen molar-refractivity contribution in [1.82, 2.24) is 15.4 Å². The molecule has 7 nitrogen and oxygen atoms in total. The molecular formula is C14H14N4O3S. The number of H-pyrrole nitrogens is 1. The molecule has 22 heavy (non-hydrogen) atoms. The molecule has 0 spiro atoms. The third kappa shape index (κ3) is 4.74. The Bertz CT molecular complexity index is 758. The summed E-state index contributed by atoms with van der Waals surface area (Å²) in [6.07, 6.45) is 1.35. The number of para-hydroxylation sites is 1. The fraction of sp³-hybridized carbons (Fsp3) is 0.143. The van der Waals surface area contributed by atoms with Gasteiger partial charge in [0.1, 0.15) is 5.75 Å². The molecule has 1 aromatic heterocycles. The lowest BCUT2D eigenvalue weighted by Crippen LogP contribution is -2.20. The minimum atomic E-state index is -0.346. The molecule has 8 heteroatoms. The number of phenols is 1. The molecule has 1 aromatic carbocycles. The van der Waals surface area contributed by atoms with E-state index in [1.807, 2.05) is 0 Å². The van der Waals surface area contributed by atoms with Gasteiger partial charge in [-0.3, -0.25) is 9.59 Å². The minimum absolute atomic E-state index is 0.0600. The van der Waals surface area contributed by atoms with Gasteiger partial charge in [0, 0.05) is 17.3 Å². The highest BCUT2D eigenvalue weighted by Crippen LogP contribution is 2.12. The van der Waals surface area contributed by atoms with Gasteiger partial charge in [0.2, 0.25) is 0 Å². The molecule has 0 aliphatic rings. The van der Waals surface area contributed by atoms with Crippen molar-refractivity contribution in [3.63, 3.8) is 0 Å². The molecule has 1 heterocycles. The van der Waals surface area contributed by atoms with E-state index in [1.165, 1.54) is 18.3 Å². The monoisotopic (exact) mass is 318 g/mol. The van der Waals surface area contributed by atoms with Gasteiger partial charge < -0.3 is 10.1 Å². The second-order valence-corrected chi connectivity index (χ2v) is 5.30. The van der Waals surface area contributed by atoms with Gasteiger partial charge >= 0.3 is 0 Å². The van der Waals surface area contributed by atoms with Gasteiger partial charge in [0.15, 0.2) is 5.16 Å². The molecule has 0 saturated heterocycles. The predicted molar refractivity (Wildman–Crippen MR) is 84.2 cm³/mol. The van der Waals surface area contributed by atoms with Crippen molar-refractivity contribution in [2.45, 2.75) is 12.1 Å². The lowest BCUT2D eigenvalue weighted by molar-refractivity contribution is -0.118. The molecule has 0 aliphatic carbocycles. The smallest absolute Gasteiger partial charge is 0.251 e. The lowest BCUT2D eigenvalue weighted by Gasteiger charge is -2.01. The zero-order chi connectivity index (χ0) is 15.9. The first kappa shape index (κ1) is 15.8. The van der Waals surface area contributed by atoms with Gasteiger partial charge in [0.25, 0.3) is 11.5 Å². The number of amides is 1. The third-order valence-corrected chi connectivity index (χ3v) is 3.39. The number of carbonyl (C=O) groups excluding carboxylic acids is 1. The highest BCUT2D eigenvalue weighted by Gasteiger charge is 2.04. The molecule has 114 valence electrons. The van der Waals surface area contributed by atoms with E-state index in [2.05, 4.69) is 20.5 Å². The summed E-state index contributed by atoms with van der Waals surface area (Å²) in [5.74, 6) is -0.206. The van der Waals surface area contributed by atoms with Crippen LogP contribution in [0.5, 0.6) is 5.75 Å². The molecule has 3 N–H and O–H groups in total. The van der Waals surface area contributed by atoms with E-state index >= 15 is 0 Å². The predicted octanol–water partition coefficient (Wildman–Crippen LogP) is 1.03. The van der Waals surface area contributed by atoms with Crippen molar-refractivity contribution < 1.29 is 9.90 Å². The molecular weight excluding hydrogens is 304 g/mol. The topological polar surface area (TPSA) is 107 Å². The fourth-order valence-corrected chi connectivity index (χ4v) is 2.27. The summed E-state index contributed by atoms with van der Waals surface area (Å²) < 4.78 is 0. The summed E-state index contributed by atoms with van der Waals surface area (Å²) in [6, 6.07) is 8.01. The zero-order valence-electron chi connectivity index (χ0n) is 11.7. The first-order valence-corrected chi connectivity index (χ1v) is 7.34. The van der Waals surface area contributed by atoms with E-state index in [9.17, 15) is 14.7 Å². The summed E-state index contributed by atoms with van der Waals surface area (Å²) in [5.41, 5.74) is 3.17. The SMILES string of the molecule is Cc1cc(=O)[nH]c(SCC(=O)NN=Cc2ccccc2O)n1. The van der Waals surface area contributed by atoms with Gasteiger partial charge in [-0.25, -0.2) is 10.4 Å². The van der Waals surface area contributed by atoms with E-state index in [0.29, 0.717) is 16.4 Å². The molecule has 0 atom stereocenters. The Labute approximate surface area is 130 Å². The molecule has 0 aliphatic heterocycles. The molecule has 0 radical (unpaired) electrons. The first-order valence-electron chi connectivity index (χ1n) is 6.35. The highest BCUT2D eigenvalue weighted by molar-refractivity contribution is 7.99. The molecule has 0 fully saturated rings. The molecule has 0 saturated carbocycles. The number of hydrazone groups is 1. The summed E-state index contributed by atoms with van der Waals surface area (Å²) in [7, 11) is 0. The Balaban J connectivity index is 1.86. The van der Waals surface area contributed by atoms with Crippen molar-refractivity contribution in [1.29, 1.82) is 0 Å². The summed E-state index contributed by atoms with van der Waals surface area (Å²) in [4.78, 5) is 29.5. The van der Waals surface area contributed by atoms with Crippen LogP contribution in [0.15, 0.2) is 45.4 Å². The van der Waals surface area contributed by atoms with Crippen LogP contribution in [0, 0.1) is 6.92 Å². The second-order valence-electron chi connectivity index (χ2n) is 4.33. The normalized spacial score (nSPS) is 10.8. The number of aromatic amines is 1. The lowest BCUT2D eigenvalue weighted by atomic mass is 10.2. The fourth-order valence-electron chi connectivity index (χ4n) is 1.56. The van der Waals surface area contributed by atoms with Crippen molar-refractivity contribution in [3.8, 4) is 5.75 Å². The van der Waals surface area contributed by atoms with Gasteiger partial charge in [-0.15, -0.1) is 0 Å². The second kappa shape index (κ2) is 7.41. The van der Waals surface area contributed by atoms with E-state index in [1.54, 1.807) is 25.1 Å². The van der Waals surface area contributed by atoms with Gasteiger partial charge in [-0.05, 0) is 19.1 Å². The Morgan fingerprint density at radius 3 is 3.00 bits per heavy atom. The van der Waals surface area contributed by atoms with E-state index < -0.39 is 0 Å². The maximum Gasteiger partial charge on any atom is 0.251 e. The van der Waals surface area contributed by atoms with Crippen LogP contribution in [0.3, 0.4) is 0 Å². The quantitative estimate of drug-likeness (QED) is 0.330. The number of carbonyl (C=O) groups is 1. The number of aryl methyl sites for hydroxylation is 1. The molecule has 1 amide bonds. The number of aromatic nitrogens is 2. The molecule has 2 rings (SSSR count). The largest absolute Gasteiger partial charge is 0.507 e. The van der Waals surface area contributed by atoms with Crippen molar-refractivity contribution >= 4 is 23.9 Å². The summed E-state index contributed by atoms with van der Waals surface area (Å²) in [5, 5.41) is 13.7. The van der Waals surface area contributed by atoms with E-state index in [4.69, 9.17) is 0 Å². The standard InChI is InChI=1S/C14H14N4O3S/c1-9-6-12(20)17-14(16-9)22-8-13(21)18-15-7-10-4-2-3-5-11(10)19/h2-7,19H,8H2,1H3,(H,18,21)(H,16,17,20). The van der Waals surface area contributed by atoms with Gasteiger partial charge in [-0.2, -0.15) is 5.10 Å². The number of nitrogens with zero attached hydrogens (tertiary/aromatic N) is 2. The maximum atomic E-state index is 11.6. The maximum absolute atomic E-state index is 11.6. The Kier molecular flexibility index (Phi) is 5.31. The number of hydrogen-bond donors (Lipinski definition) is 3. The van der Waals surface area contributed by atoms with E-state index in [0.717, 1.165) is 11.8 Å². The average molecular weight is 318 g/mol. The Hall–Kier alpha value is -2.61. The minimum Gasteiger partial charge on any atom is -0.507 e. The van der Waals surface area contributed by atoms with E-state index in [-0.39, 0.29) is 23.0 Å². The van der Waals surface area contributed by atoms with Crippen LogP contribution < -0.4 is 11.0 Å². The van der Waals surface area contributed by atoms with Crippen LogP contribution in [-0.4, -0.2) is 32.9 Å². The van der Waals surface area contributed by atoms with Crippen LogP contribution >= 0.6 is 11.8 Å². The molecule has 0 bridgehead atoms. The Morgan fingerprint density at radius 1 is 1.50 bits per heavy atom. The van der Waals surface area contributed by atoms with Gasteiger partial charge in [-0.1, -0.05) is 23.9 Å². The zero-order valence-corrected chi connectivity index (χ0v) is 12.6. The average Bonchev–Trinajstić information content (AvgIpc) is 2.46.